The standard InChI is InChI=1S/C23H31NO3/c1-23-11-10-18-17-9-7-16(25)12-14(17)6-8-19(18)22(23)15(13-20(23)26)4-3-5-21(27)24-2/h7,9,12,15,18-19,22,25H,3-6,8,10-11,13H2,1-2H3,(H,24,27)/t15?,18-,19-,22+,23-/m1/s1. The maximum absolute atomic E-state index is 12.9. The predicted octanol–water partition coefficient (Wildman–Crippen LogP) is 3.96. The van der Waals surface area contributed by atoms with Crippen molar-refractivity contribution >= 4 is 11.7 Å². The molecule has 4 nitrogen and oxygen atoms in total. The van der Waals surface area contributed by atoms with Crippen LogP contribution in [-0.4, -0.2) is 23.8 Å². The van der Waals surface area contributed by atoms with Crippen LogP contribution in [0.4, 0.5) is 0 Å². The van der Waals surface area contributed by atoms with Gasteiger partial charge < -0.3 is 10.4 Å². The zero-order chi connectivity index (χ0) is 19.2. The quantitative estimate of drug-likeness (QED) is 0.844. The molecule has 0 spiro atoms. The molecule has 3 aliphatic rings. The number of aryl methyl sites for hydroxylation is 1. The summed E-state index contributed by atoms with van der Waals surface area (Å²) in [6.07, 6.45) is 7.26. The van der Waals surface area contributed by atoms with Crippen LogP contribution in [0.2, 0.25) is 0 Å². The van der Waals surface area contributed by atoms with E-state index in [1.165, 1.54) is 11.1 Å². The lowest BCUT2D eigenvalue weighted by molar-refractivity contribution is -0.129. The number of rotatable bonds is 4. The topological polar surface area (TPSA) is 66.4 Å². The van der Waals surface area contributed by atoms with Crippen LogP contribution in [0, 0.1) is 23.2 Å². The summed E-state index contributed by atoms with van der Waals surface area (Å²) in [5.41, 5.74) is 2.52. The molecular formula is C23H31NO3. The molecule has 1 aromatic rings. The zero-order valence-corrected chi connectivity index (χ0v) is 16.5. The van der Waals surface area contributed by atoms with Crippen LogP contribution in [-0.2, 0) is 16.0 Å². The highest BCUT2D eigenvalue weighted by molar-refractivity contribution is 5.87. The largest absolute Gasteiger partial charge is 0.508 e. The van der Waals surface area contributed by atoms with E-state index in [0.717, 1.165) is 38.5 Å². The SMILES string of the molecule is CNC(=O)CCCC1CC(=O)[C@@]2(C)CC[C@@H]3c4ccc(O)cc4CC[C@H]3[C@H]12. The molecule has 5 atom stereocenters. The highest BCUT2D eigenvalue weighted by atomic mass is 16.3. The fourth-order valence-corrected chi connectivity index (χ4v) is 6.54. The van der Waals surface area contributed by atoms with Gasteiger partial charge in [0.15, 0.2) is 0 Å². The van der Waals surface area contributed by atoms with Gasteiger partial charge in [-0.05, 0) is 85.5 Å². The molecule has 0 radical (unpaired) electrons. The number of nitrogens with one attached hydrogen (secondary N) is 1. The number of benzene rings is 1. The van der Waals surface area contributed by atoms with Gasteiger partial charge in [-0.2, -0.15) is 0 Å². The van der Waals surface area contributed by atoms with Crippen LogP contribution in [0.25, 0.3) is 0 Å². The first-order valence-corrected chi connectivity index (χ1v) is 10.5. The lowest BCUT2D eigenvalue weighted by Gasteiger charge is -2.50. The molecule has 0 saturated heterocycles. The third-order valence-corrected chi connectivity index (χ3v) is 7.81. The van der Waals surface area contributed by atoms with Crippen molar-refractivity contribution in [3.8, 4) is 5.75 Å². The summed E-state index contributed by atoms with van der Waals surface area (Å²) >= 11 is 0. The Balaban J connectivity index is 1.58. The lowest BCUT2D eigenvalue weighted by Crippen LogP contribution is -2.44. The van der Waals surface area contributed by atoms with Crippen molar-refractivity contribution in [2.75, 3.05) is 7.05 Å². The Morgan fingerprint density at radius 1 is 1.33 bits per heavy atom. The minimum atomic E-state index is -0.173. The number of Topliss-reactive ketones (excluding diaryl/α,β-unsaturated/α-hetero) is 1. The molecule has 4 rings (SSSR count). The van der Waals surface area contributed by atoms with E-state index < -0.39 is 0 Å². The van der Waals surface area contributed by atoms with E-state index >= 15 is 0 Å². The van der Waals surface area contributed by atoms with Crippen molar-refractivity contribution in [2.24, 2.45) is 23.2 Å². The van der Waals surface area contributed by atoms with Gasteiger partial charge in [-0.3, -0.25) is 9.59 Å². The highest BCUT2D eigenvalue weighted by Gasteiger charge is 2.58. The van der Waals surface area contributed by atoms with E-state index in [2.05, 4.69) is 18.3 Å². The Labute approximate surface area is 161 Å². The Bertz CT molecular complexity index is 758. The van der Waals surface area contributed by atoms with Crippen LogP contribution in [0.1, 0.15) is 68.9 Å². The van der Waals surface area contributed by atoms with Gasteiger partial charge in [0.1, 0.15) is 11.5 Å². The zero-order valence-electron chi connectivity index (χ0n) is 16.5. The number of carbonyl (C=O) groups excluding carboxylic acids is 2. The van der Waals surface area contributed by atoms with Crippen LogP contribution in [0.15, 0.2) is 18.2 Å². The van der Waals surface area contributed by atoms with E-state index in [9.17, 15) is 14.7 Å². The fraction of sp³-hybridized carbons (Fsp3) is 0.652. The minimum Gasteiger partial charge on any atom is -0.508 e. The molecule has 1 aromatic carbocycles. The van der Waals surface area contributed by atoms with Crippen molar-refractivity contribution in [3.63, 3.8) is 0 Å². The van der Waals surface area contributed by atoms with Gasteiger partial charge in [0.05, 0.1) is 0 Å². The average molecular weight is 370 g/mol. The van der Waals surface area contributed by atoms with Gasteiger partial charge >= 0.3 is 0 Å². The Hall–Kier alpha value is -1.84. The number of carbonyl (C=O) groups is 2. The van der Waals surface area contributed by atoms with E-state index in [1.54, 1.807) is 7.05 Å². The molecule has 3 aliphatic carbocycles. The maximum Gasteiger partial charge on any atom is 0.219 e. The first kappa shape index (κ1) is 18.5. The van der Waals surface area contributed by atoms with E-state index in [0.29, 0.717) is 48.0 Å². The Morgan fingerprint density at radius 3 is 2.93 bits per heavy atom. The first-order chi connectivity index (χ1) is 12.9. The van der Waals surface area contributed by atoms with Crippen molar-refractivity contribution in [1.82, 2.24) is 5.32 Å². The molecule has 1 unspecified atom stereocenters. The van der Waals surface area contributed by atoms with Crippen molar-refractivity contribution < 1.29 is 14.7 Å². The summed E-state index contributed by atoms with van der Waals surface area (Å²) < 4.78 is 0. The van der Waals surface area contributed by atoms with Gasteiger partial charge in [-0.15, -0.1) is 0 Å². The van der Waals surface area contributed by atoms with Crippen molar-refractivity contribution in [2.45, 2.75) is 64.2 Å². The number of amides is 1. The van der Waals surface area contributed by atoms with Crippen molar-refractivity contribution in [1.29, 1.82) is 0 Å². The summed E-state index contributed by atoms with van der Waals surface area (Å²) in [6, 6.07) is 5.86. The molecule has 2 N–H and O–H groups in total. The van der Waals surface area contributed by atoms with E-state index in [-0.39, 0.29) is 11.3 Å². The fourth-order valence-electron chi connectivity index (χ4n) is 6.54. The van der Waals surface area contributed by atoms with Gasteiger partial charge in [0.2, 0.25) is 5.91 Å². The van der Waals surface area contributed by atoms with Crippen LogP contribution in [0.5, 0.6) is 5.75 Å². The molecule has 0 heterocycles. The third-order valence-electron chi connectivity index (χ3n) is 7.81. The molecule has 0 bridgehead atoms. The highest BCUT2D eigenvalue weighted by Crippen LogP contribution is 2.62. The number of hydrogen-bond acceptors (Lipinski definition) is 3. The van der Waals surface area contributed by atoms with E-state index in [4.69, 9.17) is 0 Å². The number of phenolic OH excluding ortho intramolecular Hbond substituents is 1. The van der Waals surface area contributed by atoms with Crippen LogP contribution < -0.4 is 5.32 Å². The third kappa shape index (κ3) is 3.07. The number of ketones is 1. The monoisotopic (exact) mass is 369 g/mol. The summed E-state index contributed by atoms with van der Waals surface area (Å²) in [4.78, 5) is 24.5. The van der Waals surface area contributed by atoms with Gasteiger partial charge in [0, 0.05) is 25.3 Å². The molecular weight excluding hydrogens is 338 g/mol. The molecule has 0 aromatic heterocycles. The second-order valence-corrected chi connectivity index (χ2v) is 9.13. The summed E-state index contributed by atoms with van der Waals surface area (Å²) in [5.74, 6) is 2.82. The Kier molecular flexibility index (Phi) is 4.77. The molecule has 0 aliphatic heterocycles. The summed E-state index contributed by atoms with van der Waals surface area (Å²) in [5, 5.41) is 12.5. The Morgan fingerprint density at radius 2 is 2.15 bits per heavy atom. The summed E-state index contributed by atoms with van der Waals surface area (Å²) in [7, 11) is 1.68. The molecule has 2 fully saturated rings. The van der Waals surface area contributed by atoms with Crippen LogP contribution in [0.3, 0.4) is 0 Å². The number of aromatic hydroxyl groups is 1. The van der Waals surface area contributed by atoms with Crippen molar-refractivity contribution in [3.05, 3.63) is 29.3 Å². The summed E-state index contributed by atoms with van der Waals surface area (Å²) in [6.45, 7) is 2.21. The maximum atomic E-state index is 12.9. The number of hydrogen-bond donors (Lipinski definition) is 2. The molecule has 27 heavy (non-hydrogen) atoms. The normalized spacial score (nSPS) is 34.5. The van der Waals surface area contributed by atoms with Gasteiger partial charge in [-0.1, -0.05) is 13.0 Å². The number of fused-ring (bicyclic) bond motifs is 5. The lowest BCUT2D eigenvalue weighted by atomic mass is 9.54. The second kappa shape index (κ2) is 6.96. The van der Waals surface area contributed by atoms with Gasteiger partial charge in [0.25, 0.3) is 0 Å². The second-order valence-electron chi connectivity index (χ2n) is 9.13. The number of phenols is 1. The smallest absolute Gasteiger partial charge is 0.219 e. The predicted molar refractivity (Wildman–Crippen MR) is 105 cm³/mol. The molecule has 1 amide bonds. The molecule has 146 valence electrons. The van der Waals surface area contributed by atoms with E-state index in [1.807, 2.05) is 12.1 Å². The van der Waals surface area contributed by atoms with Gasteiger partial charge in [-0.25, -0.2) is 0 Å². The molecule has 2 saturated carbocycles. The average Bonchev–Trinajstić information content (AvgIpc) is 2.91. The first-order valence-electron chi connectivity index (χ1n) is 10.5. The molecule has 4 heteroatoms. The van der Waals surface area contributed by atoms with Crippen LogP contribution >= 0.6 is 0 Å². The minimum absolute atomic E-state index is 0.0926.